The maximum absolute atomic E-state index is 10.1. The summed E-state index contributed by atoms with van der Waals surface area (Å²) in [6.07, 6.45) is 1.15. The summed E-state index contributed by atoms with van der Waals surface area (Å²) in [6, 6.07) is 20.2. The Morgan fingerprint density at radius 3 is 2.68 bits per heavy atom. The van der Waals surface area contributed by atoms with Crippen molar-refractivity contribution >= 4 is 34.5 Å². The van der Waals surface area contributed by atoms with Gasteiger partial charge in [-0.1, -0.05) is 41.9 Å². The minimum absolute atomic E-state index is 0.159. The van der Waals surface area contributed by atoms with Crippen LogP contribution < -0.4 is 14.4 Å². The number of anilines is 1. The van der Waals surface area contributed by atoms with Gasteiger partial charge in [-0.2, -0.15) is 0 Å². The third-order valence-corrected chi connectivity index (χ3v) is 8.22. The smallest absolute Gasteiger partial charge is 0.203 e. The molecule has 0 radical (unpaired) electrons. The van der Waals surface area contributed by atoms with Gasteiger partial charge in [0.05, 0.1) is 41.6 Å². The highest BCUT2D eigenvalue weighted by Gasteiger charge is 2.48. The van der Waals surface area contributed by atoms with Crippen LogP contribution in [0.15, 0.2) is 65.7 Å². The number of aliphatic hydroxyl groups is 1. The summed E-state index contributed by atoms with van der Waals surface area (Å²) in [5.74, 6) is 1.42. The van der Waals surface area contributed by atoms with Crippen molar-refractivity contribution < 1.29 is 24.1 Å². The van der Waals surface area contributed by atoms with Gasteiger partial charge >= 0.3 is 0 Å². The number of nitrogens with one attached hydrogen (secondary N) is 1. The molecule has 9 nitrogen and oxygen atoms in total. The van der Waals surface area contributed by atoms with Crippen molar-refractivity contribution in [1.82, 2.24) is 9.97 Å². The first-order chi connectivity index (χ1) is 20.1. The number of H-pyrrole nitrogens is 1. The molecule has 0 saturated carbocycles. The van der Waals surface area contributed by atoms with E-state index < -0.39 is 6.10 Å². The predicted octanol–water partition coefficient (Wildman–Crippen LogP) is 4.50. The second kappa shape index (κ2) is 11.0. The molecule has 212 valence electrons. The normalized spacial score (nSPS) is 25.8. The van der Waals surface area contributed by atoms with Crippen LogP contribution in [0.2, 0.25) is 5.02 Å². The van der Waals surface area contributed by atoms with Crippen molar-refractivity contribution in [3.8, 4) is 22.9 Å². The van der Waals surface area contributed by atoms with E-state index in [9.17, 15) is 5.11 Å². The zero-order chi connectivity index (χ0) is 27.9. The molecule has 3 aliphatic heterocycles. The van der Waals surface area contributed by atoms with E-state index in [1.807, 2.05) is 36.4 Å². The van der Waals surface area contributed by atoms with Gasteiger partial charge in [-0.05, 0) is 30.3 Å². The van der Waals surface area contributed by atoms with Crippen LogP contribution in [0.1, 0.15) is 12.0 Å². The highest BCUT2D eigenvalue weighted by Crippen LogP contribution is 2.36. The van der Waals surface area contributed by atoms with Crippen molar-refractivity contribution in [2.75, 3.05) is 38.3 Å². The van der Waals surface area contributed by atoms with E-state index in [2.05, 4.69) is 39.1 Å². The Bertz CT molecular complexity index is 1560. The number of hydrogen-bond acceptors (Lipinski definition) is 8. The number of hydrogen-bond donors (Lipinski definition) is 2. The van der Waals surface area contributed by atoms with Gasteiger partial charge in [0.1, 0.15) is 35.7 Å². The van der Waals surface area contributed by atoms with Crippen LogP contribution >= 0.6 is 11.6 Å². The Hall–Kier alpha value is -3.63. The lowest BCUT2D eigenvalue weighted by Gasteiger charge is -2.19. The van der Waals surface area contributed by atoms with Crippen LogP contribution in [0.25, 0.3) is 22.3 Å². The molecule has 5 atom stereocenters. The van der Waals surface area contributed by atoms with Crippen LogP contribution in [-0.2, 0) is 9.47 Å². The van der Waals surface area contributed by atoms with E-state index in [0.717, 1.165) is 47.6 Å². The summed E-state index contributed by atoms with van der Waals surface area (Å²) < 4.78 is 23.9. The number of benzene rings is 2. The van der Waals surface area contributed by atoms with E-state index in [1.54, 1.807) is 13.3 Å². The molecule has 5 heterocycles. The first-order valence-corrected chi connectivity index (χ1v) is 14.2. The molecule has 0 amide bonds. The number of pyridine rings is 1. The number of aliphatic hydroxyl groups excluding tert-OH is 1. The Labute approximate surface area is 242 Å². The molecular weight excluding hydrogens is 544 g/mol. The Kier molecular flexibility index (Phi) is 7.04. The molecule has 3 fully saturated rings. The highest BCUT2D eigenvalue weighted by molar-refractivity contribution is 6.33. The van der Waals surface area contributed by atoms with Gasteiger partial charge in [0.2, 0.25) is 5.88 Å². The van der Waals surface area contributed by atoms with Gasteiger partial charge in [-0.15, -0.1) is 0 Å². The van der Waals surface area contributed by atoms with Gasteiger partial charge in [-0.3, -0.25) is 4.99 Å². The fraction of sp³-hybridized carbons (Fsp3) is 0.355. The molecule has 0 aliphatic carbocycles. The summed E-state index contributed by atoms with van der Waals surface area (Å²) in [5, 5.41) is 10.6. The lowest BCUT2D eigenvalue weighted by atomic mass is 10.1. The zero-order valence-corrected chi connectivity index (χ0v) is 23.3. The lowest BCUT2D eigenvalue weighted by molar-refractivity contribution is 0.00792. The number of nitrogens with zero attached hydrogens (tertiary/aromatic N) is 3. The van der Waals surface area contributed by atoms with Crippen LogP contribution in [0.4, 0.5) is 5.69 Å². The molecule has 0 bridgehead atoms. The van der Waals surface area contributed by atoms with Gasteiger partial charge in [0.15, 0.2) is 6.10 Å². The van der Waals surface area contributed by atoms with E-state index in [-0.39, 0.29) is 31.0 Å². The summed E-state index contributed by atoms with van der Waals surface area (Å²) in [4.78, 5) is 14.8. The fourth-order valence-electron chi connectivity index (χ4n) is 5.91. The standard InChI is InChI=1S/C31H31ClN4O5/c1-33-14-22-28-24(34-31(22)41-26-17-39-29-25(37)16-38-30(26)29)13-23(32)27(35-28)18-7-9-19(10-8-18)36-12-11-21(15-36)40-20-5-3-2-4-6-20/h2-10,13-14,21,25-26,29-30,34,37H,11-12,15-17H2,1H3/t21-,25-,26-,29?,30-/m1/s1. The number of halogens is 1. The number of aromatic nitrogens is 2. The largest absolute Gasteiger partial charge is 0.489 e. The third kappa shape index (κ3) is 5.04. The monoisotopic (exact) mass is 574 g/mol. The number of aromatic amines is 1. The summed E-state index contributed by atoms with van der Waals surface area (Å²) in [5.41, 5.74) is 4.90. The van der Waals surface area contributed by atoms with Crippen molar-refractivity contribution in [1.29, 1.82) is 0 Å². The van der Waals surface area contributed by atoms with E-state index in [0.29, 0.717) is 28.7 Å². The average molecular weight is 575 g/mol. The van der Waals surface area contributed by atoms with Crippen molar-refractivity contribution in [3.63, 3.8) is 0 Å². The first-order valence-electron chi connectivity index (χ1n) is 13.9. The maximum atomic E-state index is 10.1. The average Bonchev–Trinajstić information content (AvgIpc) is 3.76. The molecule has 10 heteroatoms. The number of ether oxygens (including phenoxy) is 4. The number of para-hydroxylation sites is 1. The third-order valence-electron chi connectivity index (χ3n) is 7.93. The van der Waals surface area contributed by atoms with Crippen molar-refractivity contribution in [2.45, 2.75) is 36.9 Å². The minimum atomic E-state index is -0.642. The molecule has 4 aromatic rings. The second-order valence-corrected chi connectivity index (χ2v) is 11.0. The Morgan fingerprint density at radius 2 is 1.88 bits per heavy atom. The maximum Gasteiger partial charge on any atom is 0.203 e. The quantitative estimate of drug-likeness (QED) is 0.314. The SMILES string of the molecule is CN=Cc1c(O[C@@H]2COC3[C@H](O)CO[C@@H]32)[nH]c2cc(Cl)c(-c3ccc(N4CC[C@@H](Oc5ccccc5)C4)cc3)nc12. The zero-order valence-electron chi connectivity index (χ0n) is 22.6. The van der Waals surface area contributed by atoms with E-state index in [1.165, 1.54) is 0 Å². The molecule has 7 rings (SSSR count). The van der Waals surface area contributed by atoms with Crippen LogP contribution in [-0.4, -0.2) is 85.2 Å². The molecular formula is C31H31ClN4O5. The number of aliphatic imine (C=N–C) groups is 1. The molecule has 2 N–H and O–H groups in total. The molecule has 3 saturated heterocycles. The van der Waals surface area contributed by atoms with Crippen molar-refractivity contribution in [2.24, 2.45) is 4.99 Å². The second-order valence-electron chi connectivity index (χ2n) is 10.6. The first kappa shape index (κ1) is 26.3. The van der Waals surface area contributed by atoms with Crippen LogP contribution in [0, 0.1) is 0 Å². The molecule has 41 heavy (non-hydrogen) atoms. The number of rotatable bonds is 7. The predicted molar refractivity (Wildman–Crippen MR) is 158 cm³/mol. The van der Waals surface area contributed by atoms with Gasteiger partial charge in [0, 0.05) is 37.5 Å². The lowest BCUT2D eigenvalue weighted by Crippen LogP contribution is -2.34. The summed E-state index contributed by atoms with van der Waals surface area (Å²) in [7, 11) is 1.71. The Morgan fingerprint density at radius 1 is 1.07 bits per heavy atom. The van der Waals surface area contributed by atoms with Crippen LogP contribution in [0.3, 0.4) is 0 Å². The van der Waals surface area contributed by atoms with Crippen molar-refractivity contribution in [3.05, 3.63) is 71.2 Å². The van der Waals surface area contributed by atoms with E-state index in [4.69, 9.17) is 35.5 Å². The molecule has 1 unspecified atom stereocenters. The summed E-state index contributed by atoms with van der Waals surface area (Å²) >= 11 is 6.75. The van der Waals surface area contributed by atoms with Gasteiger partial charge in [0.25, 0.3) is 0 Å². The highest BCUT2D eigenvalue weighted by atomic mass is 35.5. The summed E-state index contributed by atoms with van der Waals surface area (Å²) in [6.45, 7) is 2.34. The van der Waals surface area contributed by atoms with Crippen LogP contribution in [0.5, 0.6) is 11.6 Å². The molecule has 3 aliphatic rings. The Balaban J connectivity index is 1.11. The topological polar surface area (TPSA) is 101 Å². The molecule has 0 spiro atoms. The number of fused-ring (bicyclic) bond motifs is 2. The fourth-order valence-corrected chi connectivity index (χ4v) is 6.17. The van der Waals surface area contributed by atoms with E-state index >= 15 is 0 Å². The van der Waals surface area contributed by atoms with Gasteiger partial charge < -0.3 is 33.9 Å². The molecule has 2 aromatic carbocycles. The molecule has 2 aromatic heterocycles. The minimum Gasteiger partial charge on any atom is -0.489 e. The van der Waals surface area contributed by atoms with Gasteiger partial charge in [-0.25, -0.2) is 4.98 Å².